The summed E-state index contributed by atoms with van der Waals surface area (Å²) in [5, 5.41) is 8.78. The third-order valence-corrected chi connectivity index (χ3v) is 5.74. The van der Waals surface area contributed by atoms with E-state index in [4.69, 9.17) is 28.3 Å². The van der Waals surface area contributed by atoms with Crippen molar-refractivity contribution in [2.24, 2.45) is 0 Å². The Bertz CT molecular complexity index is 769. The van der Waals surface area contributed by atoms with Gasteiger partial charge >= 0.3 is 5.97 Å². The molecule has 0 atom stereocenters. The molecule has 0 amide bonds. The number of sulfonamides is 1. The molecule has 1 aromatic heterocycles. The van der Waals surface area contributed by atoms with E-state index in [1.165, 1.54) is 30.3 Å². The zero-order valence-corrected chi connectivity index (χ0v) is 13.5. The summed E-state index contributed by atoms with van der Waals surface area (Å²) in [6.07, 6.45) is 0. The van der Waals surface area contributed by atoms with Gasteiger partial charge < -0.3 is 5.11 Å². The van der Waals surface area contributed by atoms with Crippen LogP contribution in [0, 0.1) is 0 Å². The zero-order valence-electron chi connectivity index (χ0n) is 10.3. The van der Waals surface area contributed by atoms with E-state index in [0.717, 1.165) is 11.3 Å². The Morgan fingerprint density at radius 3 is 2.33 bits per heavy atom. The molecule has 0 bridgehead atoms. The average Bonchev–Trinajstić information content (AvgIpc) is 2.77. The fourth-order valence-electron chi connectivity index (χ4n) is 1.53. The molecule has 112 valence electrons. The van der Waals surface area contributed by atoms with Crippen molar-refractivity contribution in [3.8, 4) is 0 Å². The van der Waals surface area contributed by atoms with Crippen LogP contribution in [0.5, 0.6) is 0 Å². The number of hydrogen-bond acceptors (Lipinski definition) is 4. The number of nitrogens with one attached hydrogen (secondary N) is 1. The second kappa shape index (κ2) is 6.33. The largest absolute Gasteiger partial charge is 0.478 e. The van der Waals surface area contributed by atoms with Crippen LogP contribution in [-0.2, 0) is 16.6 Å². The fourth-order valence-corrected chi connectivity index (χ4v) is 4.69. The van der Waals surface area contributed by atoms with Crippen molar-refractivity contribution in [1.82, 2.24) is 4.72 Å². The van der Waals surface area contributed by atoms with Crippen molar-refractivity contribution in [1.29, 1.82) is 0 Å². The third-order valence-electron chi connectivity index (χ3n) is 2.58. The lowest BCUT2D eigenvalue weighted by Gasteiger charge is -2.06. The molecule has 1 heterocycles. The molecule has 0 spiro atoms. The molecule has 2 rings (SSSR count). The molecule has 2 N–H and O–H groups in total. The van der Waals surface area contributed by atoms with E-state index < -0.39 is 16.0 Å². The highest BCUT2D eigenvalue weighted by Crippen LogP contribution is 2.34. The molecule has 0 unspecified atom stereocenters. The van der Waals surface area contributed by atoms with E-state index in [2.05, 4.69) is 4.72 Å². The summed E-state index contributed by atoms with van der Waals surface area (Å²) in [5.41, 5.74) is 0.760. The number of carboxylic acids is 1. The maximum Gasteiger partial charge on any atom is 0.335 e. The van der Waals surface area contributed by atoms with Crippen LogP contribution in [0.1, 0.15) is 15.9 Å². The highest BCUT2D eigenvalue weighted by Gasteiger charge is 2.20. The molecule has 9 heteroatoms. The van der Waals surface area contributed by atoms with Crippen molar-refractivity contribution in [3.63, 3.8) is 0 Å². The maximum atomic E-state index is 12.1. The Balaban J connectivity index is 2.11. The molecule has 5 nitrogen and oxygen atoms in total. The normalized spacial score (nSPS) is 11.5. The van der Waals surface area contributed by atoms with Gasteiger partial charge in [0.2, 0.25) is 10.0 Å². The summed E-state index contributed by atoms with van der Waals surface area (Å²) in [6, 6.07) is 7.16. The molecule has 0 saturated heterocycles. The third kappa shape index (κ3) is 3.96. The van der Waals surface area contributed by atoms with Gasteiger partial charge in [0, 0.05) is 6.54 Å². The number of carbonyl (C=O) groups is 1. The van der Waals surface area contributed by atoms with Crippen LogP contribution in [0.4, 0.5) is 0 Å². The molecule has 1 aromatic carbocycles. The number of hydrogen-bond donors (Lipinski definition) is 2. The van der Waals surface area contributed by atoms with Gasteiger partial charge in [-0.3, -0.25) is 0 Å². The molecular formula is C12H9Cl2NO4S2. The minimum Gasteiger partial charge on any atom is -0.478 e. The van der Waals surface area contributed by atoms with Crippen molar-refractivity contribution < 1.29 is 18.3 Å². The smallest absolute Gasteiger partial charge is 0.335 e. The first-order chi connectivity index (χ1) is 9.79. The van der Waals surface area contributed by atoms with E-state index in [-0.39, 0.29) is 25.7 Å². The molecule has 0 aliphatic rings. The first-order valence-electron chi connectivity index (χ1n) is 5.56. The van der Waals surface area contributed by atoms with Crippen molar-refractivity contribution in [2.75, 3.05) is 0 Å². The number of thiophene rings is 1. The van der Waals surface area contributed by atoms with Gasteiger partial charge in [-0.2, -0.15) is 0 Å². The second-order valence-electron chi connectivity index (χ2n) is 4.02. The predicted octanol–water partition coefficient (Wildman–Crippen LogP) is 3.23. The minimum atomic E-state index is -3.77. The average molecular weight is 366 g/mol. The molecular weight excluding hydrogens is 357 g/mol. The lowest BCUT2D eigenvalue weighted by molar-refractivity contribution is 0.0697. The molecule has 0 saturated carbocycles. The van der Waals surface area contributed by atoms with Gasteiger partial charge in [0.25, 0.3) is 0 Å². The quantitative estimate of drug-likeness (QED) is 0.851. The minimum absolute atomic E-state index is 0.0199. The number of benzene rings is 1. The van der Waals surface area contributed by atoms with Gasteiger partial charge in [0.15, 0.2) is 0 Å². The van der Waals surface area contributed by atoms with Crippen molar-refractivity contribution in [2.45, 2.75) is 11.4 Å². The Morgan fingerprint density at radius 2 is 1.86 bits per heavy atom. The number of halogens is 2. The van der Waals surface area contributed by atoms with E-state index in [0.29, 0.717) is 5.56 Å². The van der Waals surface area contributed by atoms with E-state index in [1.54, 1.807) is 0 Å². The maximum absolute atomic E-state index is 12.1. The number of carboxylic acid groups (broad SMARTS) is 1. The molecule has 21 heavy (non-hydrogen) atoms. The lowest BCUT2D eigenvalue weighted by Crippen LogP contribution is -2.23. The van der Waals surface area contributed by atoms with Gasteiger partial charge in [0.05, 0.1) is 9.90 Å². The second-order valence-corrected chi connectivity index (χ2v) is 8.04. The summed E-state index contributed by atoms with van der Waals surface area (Å²) in [5.74, 6) is -1.04. The van der Waals surface area contributed by atoms with Gasteiger partial charge in [-0.05, 0) is 23.8 Å². The Morgan fingerprint density at radius 1 is 1.24 bits per heavy atom. The Kier molecular flexibility index (Phi) is 4.90. The van der Waals surface area contributed by atoms with E-state index >= 15 is 0 Å². The van der Waals surface area contributed by atoms with Gasteiger partial charge in [0.1, 0.15) is 9.23 Å². The Hall–Kier alpha value is -1.12. The molecule has 0 aliphatic heterocycles. The van der Waals surface area contributed by atoms with Crippen LogP contribution in [0.25, 0.3) is 0 Å². The first-order valence-corrected chi connectivity index (χ1v) is 8.62. The summed E-state index contributed by atoms with van der Waals surface area (Å²) >= 11 is 12.5. The van der Waals surface area contributed by atoms with Crippen LogP contribution in [0.3, 0.4) is 0 Å². The molecule has 0 radical (unpaired) electrons. The van der Waals surface area contributed by atoms with Crippen molar-refractivity contribution in [3.05, 3.63) is 50.1 Å². The lowest BCUT2D eigenvalue weighted by atomic mass is 10.1. The van der Waals surface area contributed by atoms with E-state index in [1.807, 2.05) is 0 Å². The standard InChI is InChI=1S/C12H9Cl2NO4S2/c13-10-5-9(11(14)20-10)21(18,19)15-6-7-1-3-8(4-2-7)12(16)17/h1-5,15H,6H2,(H,16,17). The zero-order chi connectivity index (χ0) is 15.6. The highest BCUT2D eigenvalue weighted by molar-refractivity contribution is 7.89. The van der Waals surface area contributed by atoms with Gasteiger partial charge in [-0.15, -0.1) is 11.3 Å². The van der Waals surface area contributed by atoms with E-state index in [9.17, 15) is 13.2 Å². The van der Waals surface area contributed by atoms with Gasteiger partial charge in [-0.1, -0.05) is 35.3 Å². The number of aromatic carboxylic acids is 1. The van der Waals surface area contributed by atoms with Crippen molar-refractivity contribution >= 4 is 50.5 Å². The van der Waals surface area contributed by atoms with Crippen LogP contribution in [-0.4, -0.2) is 19.5 Å². The first kappa shape index (κ1) is 16.3. The van der Waals surface area contributed by atoms with Crippen LogP contribution in [0.15, 0.2) is 35.2 Å². The van der Waals surface area contributed by atoms with Crippen LogP contribution in [0.2, 0.25) is 8.67 Å². The topological polar surface area (TPSA) is 83.5 Å². The number of rotatable bonds is 5. The highest BCUT2D eigenvalue weighted by atomic mass is 35.5. The monoisotopic (exact) mass is 365 g/mol. The summed E-state index contributed by atoms with van der Waals surface area (Å²) in [4.78, 5) is 10.6. The summed E-state index contributed by atoms with van der Waals surface area (Å²) < 4.78 is 26.9. The van der Waals surface area contributed by atoms with Gasteiger partial charge in [-0.25, -0.2) is 17.9 Å². The Labute approximate surface area is 135 Å². The summed E-state index contributed by atoms with van der Waals surface area (Å²) in [7, 11) is -3.77. The summed E-state index contributed by atoms with van der Waals surface area (Å²) in [6.45, 7) is 0.0199. The van der Waals surface area contributed by atoms with Crippen LogP contribution < -0.4 is 4.72 Å². The predicted molar refractivity (Wildman–Crippen MR) is 81.8 cm³/mol. The molecule has 2 aromatic rings. The fraction of sp³-hybridized carbons (Fsp3) is 0.0833. The SMILES string of the molecule is O=C(O)c1ccc(CNS(=O)(=O)c2cc(Cl)sc2Cl)cc1. The molecule has 0 fully saturated rings. The molecule has 0 aliphatic carbocycles. The van der Waals surface area contributed by atoms with Crippen LogP contribution >= 0.6 is 34.5 Å².